The third kappa shape index (κ3) is 4.70. The maximum atomic E-state index is 5.24. The summed E-state index contributed by atoms with van der Waals surface area (Å²) in [5, 5.41) is 11.0. The molecule has 0 aliphatic carbocycles. The normalized spacial score (nSPS) is 10.3. The van der Waals surface area contributed by atoms with Gasteiger partial charge >= 0.3 is 0 Å². The Labute approximate surface area is 108 Å². The third-order valence-corrected chi connectivity index (χ3v) is 2.68. The highest BCUT2D eigenvalue weighted by molar-refractivity contribution is 7.80. The molecule has 0 spiro atoms. The van der Waals surface area contributed by atoms with E-state index in [1.807, 2.05) is 20.9 Å². The summed E-state index contributed by atoms with van der Waals surface area (Å²) in [5.74, 6) is 0. The maximum absolute atomic E-state index is 5.24. The second-order valence-corrected chi connectivity index (χ2v) is 4.11. The second-order valence-electron chi connectivity index (χ2n) is 3.70. The third-order valence-electron chi connectivity index (χ3n) is 2.44. The zero-order chi connectivity index (χ0) is 12.7. The molecule has 6 heteroatoms. The topological polar surface area (TPSA) is 51.1 Å². The molecule has 0 aromatic carbocycles. The monoisotopic (exact) mass is 256 g/mol. The SMILES string of the molecule is CCOCCCNC(=S)Nc1cnn(C)c1C. The van der Waals surface area contributed by atoms with Crippen molar-refractivity contribution in [2.45, 2.75) is 20.3 Å². The molecule has 17 heavy (non-hydrogen) atoms. The van der Waals surface area contributed by atoms with Crippen molar-refractivity contribution in [3.05, 3.63) is 11.9 Å². The lowest BCUT2D eigenvalue weighted by Crippen LogP contribution is -2.30. The van der Waals surface area contributed by atoms with Crippen LogP contribution in [-0.4, -0.2) is 34.7 Å². The molecule has 5 nitrogen and oxygen atoms in total. The lowest BCUT2D eigenvalue weighted by Gasteiger charge is -2.09. The van der Waals surface area contributed by atoms with Crippen LogP contribution >= 0.6 is 12.2 Å². The molecule has 1 heterocycles. The molecule has 0 saturated heterocycles. The Hall–Kier alpha value is -1.14. The molecule has 0 aliphatic rings. The van der Waals surface area contributed by atoms with Gasteiger partial charge in [-0.05, 0) is 32.5 Å². The fourth-order valence-corrected chi connectivity index (χ4v) is 1.52. The fraction of sp³-hybridized carbons (Fsp3) is 0.636. The van der Waals surface area contributed by atoms with Crippen molar-refractivity contribution in [3.8, 4) is 0 Å². The standard InChI is InChI=1S/C11H20N4OS/c1-4-16-7-5-6-12-11(17)14-10-8-13-15(3)9(10)2/h8H,4-7H2,1-3H3,(H2,12,14,17). The van der Waals surface area contributed by atoms with Crippen molar-refractivity contribution in [1.82, 2.24) is 15.1 Å². The smallest absolute Gasteiger partial charge is 0.170 e. The van der Waals surface area contributed by atoms with E-state index in [4.69, 9.17) is 17.0 Å². The molecule has 96 valence electrons. The first-order chi connectivity index (χ1) is 8.15. The minimum atomic E-state index is 0.623. The van der Waals surface area contributed by atoms with E-state index in [1.165, 1.54) is 0 Å². The minimum Gasteiger partial charge on any atom is -0.382 e. The van der Waals surface area contributed by atoms with Crippen LogP contribution in [0, 0.1) is 6.92 Å². The molecule has 0 aliphatic heterocycles. The molecule has 0 unspecified atom stereocenters. The van der Waals surface area contributed by atoms with Crippen LogP contribution in [0.4, 0.5) is 5.69 Å². The van der Waals surface area contributed by atoms with E-state index >= 15 is 0 Å². The Bertz CT molecular complexity index is 364. The van der Waals surface area contributed by atoms with Crippen LogP contribution in [0.1, 0.15) is 19.0 Å². The Morgan fingerprint density at radius 3 is 2.94 bits per heavy atom. The predicted molar refractivity (Wildman–Crippen MR) is 73.3 cm³/mol. The van der Waals surface area contributed by atoms with Crippen molar-refractivity contribution in [2.24, 2.45) is 7.05 Å². The zero-order valence-electron chi connectivity index (χ0n) is 10.6. The van der Waals surface area contributed by atoms with E-state index < -0.39 is 0 Å². The molecule has 0 radical (unpaired) electrons. The molecule has 1 aromatic rings. The fourth-order valence-electron chi connectivity index (χ4n) is 1.31. The van der Waals surface area contributed by atoms with Crippen LogP contribution in [-0.2, 0) is 11.8 Å². The number of nitrogens with one attached hydrogen (secondary N) is 2. The van der Waals surface area contributed by atoms with Gasteiger partial charge in [0.15, 0.2) is 5.11 Å². The van der Waals surface area contributed by atoms with Gasteiger partial charge in [-0.25, -0.2) is 0 Å². The maximum Gasteiger partial charge on any atom is 0.170 e. The van der Waals surface area contributed by atoms with Crippen LogP contribution in [0.3, 0.4) is 0 Å². The van der Waals surface area contributed by atoms with Crippen LogP contribution in [0.2, 0.25) is 0 Å². The van der Waals surface area contributed by atoms with Gasteiger partial charge < -0.3 is 15.4 Å². The van der Waals surface area contributed by atoms with Crippen molar-refractivity contribution in [2.75, 3.05) is 25.1 Å². The summed E-state index contributed by atoms with van der Waals surface area (Å²) in [6.45, 7) is 6.32. The molecular formula is C11H20N4OS. The highest BCUT2D eigenvalue weighted by Crippen LogP contribution is 2.11. The number of hydrogen-bond acceptors (Lipinski definition) is 3. The summed E-state index contributed by atoms with van der Waals surface area (Å²) in [5.41, 5.74) is 2.00. The second kappa shape index (κ2) is 7.24. The Morgan fingerprint density at radius 1 is 1.59 bits per heavy atom. The van der Waals surface area contributed by atoms with Gasteiger partial charge in [0.25, 0.3) is 0 Å². The number of thiocarbonyl (C=S) groups is 1. The number of aromatic nitrogens is 2. The average Bonchev–Trinajstić information content (AvgIpc) is 2.61. The van der Waals surface area contributed by atoms with Crippen LogP contribution < -0.4 is 10.6 Å². The molecule has 0 atom stereocenters. The van der Waals surface area contributed by atoms with Gasteiger partial charge in [-0.3, -0.25) is 4.68 Å². The summed E-state index contributed by atoms with van der Waals surface area (Å²) in [4.78, 5) is 0. The van der Waals surface area contributed by atoms with Crippen molar-refractivity contribution in [3.63, 3.8) is 0 Å². The van der Waals surface area contributed by atoms with Crippen molar-refractivity contribution >= 4 is 23.0 Å². The van der Waals surface area contributed by atoms with Crippen molar-refractivity contribution < 1.29 is 4.74 Å². The average molecular weight is 256 g/mol. The van der Waals surface area contributed by atoms with Gasteiger partial charge in [0, 0.05) is 26.8 Å². The first kappa shape index (κ1) is 13.9. The largest absolute Gasteiger partial charge is 0.382 e. The number of aryl methyl sites for hydroxylation is 1. The minimum absolute atomic E-state index is 0.623. The van der Waals surface area contributed by atoms with E-state index in [1.54, 1.807) is 10.9 Å². The first-order valence-electron chi connectivity index (χ1n) is 5.76. The van der Waals surface area contributed by atoms with Crippen LogP contribution in [0.25, 0.3) is 0 Å². The van der Waals surface area contributed by atoms with Crippen LogP contribution in [0.15, 0.2) is 6.20 Å². The number of anilines is 1. The Morgan fingerprint density at radius 2 is 2.35 bits per heavy atom. The molecule has 2 N–H and O–H groups in total. The van der Waals surface area contributed by atoms with E-state index in [9.17, 15) is 0 Å². The highest BCUT2D eigenvalue weighted by atomic mass is 32.1. The van der Waals surface area contributed by atoms with Gasteiger partial charge in [0.2, 0.25) is 0 Å². The van der Waals surface area contributed by atoms with Crippen molar-refractivity contribution in [1.29, 1.82) is 0 Å². The zero-order valence-corrected chi connectivity index (χ0v) is 11.4. The number of hydrogen-bond donors (Lipinski definition) is 2. The molecule has 0 fully saturated rings. The summed E-state index contributed by atoms with van der Waals surface area (Å²) < 4.78 is 7.04. The van der Waals surface area contributed by atoms with E-state index in [-0.39, 0.29) is 0 Å². The molecule has 0 bridgehead atoms. The molecular weight excluding hydrogens is 236 g/mol. The van der Waals surface area contributed by atoms with Gasteiger partial charge in [0.05, 0.1) is 17.6 Å². The van der Waals surface area contributed by atoms with Gasteiger partial charge in [-0.1, -0.05) is 0 Å². The number of nitrogens with zero attached hydrogens (tertiary/aromatic N) is 2. The van der Waals surface area contributed by atoms with Gasteiger partial charge in [0.1, 0.15) is 0 Å². The number of rotatable bonds is 6. The lowest BCUT2D eigenvalue weighted by molar-refractivity contribution is 0.146. The van der Waals surface area contributed by atoms with E-state index in [0.29, 0.717) is 5.11 Å². The molecule has 0 amide bonds. The summed E-state index contributed by atoms with van der Waals surface area (Å²) in [6.07, 6.45) is 2.71. The number of ether oxygens (including phenoxy) is 1. The summed E-state index contributed by atoms with van der Waals surface area (Å²) in [7, 11) is 1.90. The van der Waals surface area contributed by atoms with E-state index in [2.05, 4.69) is 15.7 Å². The first-order valence-corrected chi connectivity index (χ1v) is 6.17. The van der Waals surface area contributed by atoms with E-state index in [0.717, 1.165) is 37.6 Å². The predicted octanol–water partition coefficient (Wildman–Crippen LogP) is 1.44. The van der Waals surface area contributed by atoms with Gasteiger partial charge in [-0.2, -0.15) is 5.10 Å². The Kier molecular flexibility index (Phi) is 5.93. The summed E-state index contributed by atoms with van der Waals surface area (Å²) >= 11 is 5.18. The molecule has 1 rings (SSSR count). The van der Waals surface area contributed by atoms with Crippen LogP contribution in [0.5, 0.6) is 0 Å². The highest BCUT2D eigenvalue weighted by Gasteiger charge is 2.04. The summed E-state index contributed by atoms with van der Waals surface area (Å²) in [6, 6.07) is 0. The molecule has 0 saturated carbocycles. The lowest BCUT2D eigenvalue weighted by atomic mass is 10.4. The quantitative estimate of drug-likeness (QED) is 0.596. The Balaban J connectivity index is 2.23. The molecule has 1 aromatic heterocycles. The van der Waals surface area contributed by atoms with Gasteiger partial charge in [-0.15, -0.1) is 0 Å².